The lowest BCUT2D eigenvalue weighted by molar-refractivity contribution is 0.461. The van der Waals surface area contributed by atoms with Gasteiger partial charge in [-0.3, -0.25) is 15.3 Å². The van der Waals surface area contributed by atoms with Crippen molar-refractivity contribution in [3.63, 3.8) is 0 Å². The van der Waals surface area contributed by atoms with E-state index in [0.29, 0.717) is 23.8 Å². The second kappa shape index (κ2) is 14.3. The largest absolute Gasteiger partial charge is 0.370 e. The molecular formula is C18H39N5. The van der Waals surface area contributed by atoms with Crippen molar-refractivity contribution >= 4 is 11.9 Å². The molecule has 0 saturated heterocycles. The zero-order chi connectivity index (χ0) is 17.5. The molecule has 5 N–H and O–H groups in total. The zero-order valence-electron chi connectivity index (χ0n) is 15.8. The van der Waals surface area contributed by atoms with Crippen LogP contribution in [0.5, 0.6) is 0 Å². The van der Waals surface area contributed by atoms with Crippen LogP contribution in [0.25, 0.3) is 0 Å². The van der Waals surface area contributed by atoms with Gasteiger partial charge in [-0.2, -0.15) is 0 Å². The summed E-state index contributed by atoms with van der Waals surface area (Å²) in [6.07, 6.45) is 9.65. The highest BCUT2D eigenvalue weighted by Gasteiger charge is 2.07. The molecule has 23 heavy (non-hydrogen) atoms. The van der Waals surface area contributed by atoms with E-state index in [2.05, 4.69) is 43.0 Å². The van der Waals surface area contributed by atoms with Gasteiger partial charge in [-0.25, -0.2) is 0 Å². The Bertz CT molecular complexity index is 306. The minimum atomic E-state index is 0.378. The van der Waals surface area contributed by atoms with Gasteiger partial charge in [0.2, 0.25) is 0 Å². The standard InChI is InChI=1S/C18H39N5/c1-5-9-11-15(7-3)13-21-17(19)23-18(20)22-14-16(8-4)12-10-6-2/h15-16H,5-14H2,1-4H3,(H5,19,20,21,22,23). The molecule has 0 heterocycles. The van der Waals surface area contributed by atoms with E-state index < -0.39 is 0 Å². The number of aliphatic imine (C=N–C) groups is 2. The fourth-order valence-corrected chi connectivity index (χ4v) is 2.50. The quantitative estimate of drug-likeness (QED) is 0.378. The lowest BCUT2D eigenvalue weighted by Gasteiger charge is -2.13. The molecule has 2 atom stereocenters. The summed E-state index contributed by atoms with van der Waals surface area (Å²) in [6.45, 7) is 10.4. The van der Waals surface area contributed by atoms with Crippen molar-refractivity contribution in [3.05, 3.63) is 0 Å². The summed E-state index contributed by atoms with van der Waals surface area (Å²) in [5.41, 5.74) is 11.8. The van der Waals surface area contributed by atoms with Crippen molar-refractivity contribution in [2.45, 2.75) is 79.1 Å². The van der Waals surface area contributed by atoms with Gasteiger partial charge in [0.25, 0.3) is 0 Å². The summed E-state index contributed by atoms with van der Waals surface area (Å²) in [6, 6.07) is 0. The lowest BCUT2D eigenvalue weighted by Crippen LogP contribution is -2.42. The third-order valence-corrected chi connectivity index (χ3v) is 4.38. The van der Waals surface area contributed by atoms with Crippen LogP contribution in [0.4, 0.5) is 0 Å². The molecule has 0 spiro atoms. The first-order valence-corrected chi connectivity index (χ1v) is 9.43. The van der Waals surface area contributed by atoms with Crippen LogP contribution in [0, 0.1) is 11.8 Å². The molecule has 5 nitrogen and oxygen atoms in total. The third-order valence-electron chi connectivity index (χ3n) is 4.38. The summed E-state index contributed by atoms with van der Waals surface area (Å²) < 4.78 is 0. The van der Waals surface area contributed by atoms with Gasteiger partial charge in [0.15, 0.2) is 11.9 Å². The van der Waals surface area contributed by atoms with Crippen molar-refractivity contribution in [2.75, 3.05) is 13.1 Å². The van der Waals surface area contributed by atoms with Gasteiger partial charge in [0.1, 0.15) is 0 Å². The molecule has 0 aromatic carbocycles. The molecule has 0 radical (unpaired) electrons. The summed E-state index contributed by atoms with van der Waals surface area (Å²) >= 11 is 0. The molecule has 0 aliphatic carbocycles. The van der Waals surface area contributed by atoms with Crippen LogP contribution in [-0.4, -0.2) is 25.0 Å². The van der Waals surface area contributed by atoms with Crippen LogP contribution >= 0.6 is 0 Å². The molecule has 0 saturated carbocycles. The molecule has 0 aliphatic heterocycles. The van der Waals surface area contributed by atoms with Gasteiger partial charge in [0, 0.05) is 13.1 Å². The Balaban J connectivity index is 4.26. The molecule has 5 heteroatoms. The SMILES string of the molecule is CCCCC(CC)CN=C(N)NC(N)=NCC(CC)CCCC. The molecule has 136 valence electrons. The average molecular weight is 326 g/mol. The van der Waals surface area contributed by atoms with E-state index in [4.69, 9.17) is 11.5 Å². The number of nitrogens with two attached hydrogens (primary N) is 2. The van der Waals surface area contributed by atoms with E-state index in [0.717, 1.165) is 25.9 Å². The number of hydrogen-bond acceptors (Lipinski definition) is 2. The van der Waals surface area contributed by atoms with Gasteiger partial charge in [0.05, 0.1) is 0 Å². The van der Waals surface area contributed by atoms with E-state index in [-0.39, 0.29) is 0 Å². The highest BCUT2D eigenvalue weighted by molar-refractivity contribution is 5.97. The molecule has 2 unspecified atom stereocenters. The number of unbranched alkanes of at least 4 members (excludes halogenated alkanes) is 2. The maximum absolute atomic E-state index is 5.90. The van der Waals surface area contributed by atoms with Gasteiger partial charge < -0.3 is 11.5 Å². The Morgan fingerprint density at radius 2 is 1.17 bits per heavy atom. The van der Waals surface area contributed by atoms with Gasteiger partial charge in [-0.1, -0.05) is 66.2 Å². The van der Waals surface area contributed by atoms with Crippen molar-refractivity contribution in [1.82, 2.24) is 5.32 Å². The second-order valence-corrected chi connectivity index (χ2v) is 6.41. The van der Waals surface area contributed by atoms with Crippen molar-refractivity contribution in [3.8, 4) is 0 Å². The molecule has 0 fully saturated rings. The van der Waals surface area contributed by atoms with Crippen molar-refractivity contribution < 1.29 is 0 Å². The van der Waals surface area contributed by atoms with E-state index in [1.807, 2.05) is 0 Å². The van der Waals surface area contributed by atoms with Gasteiger partial charge >= 0.3 is 0 Å². The fourth-order valence-electron chi connectivity index (χ4n) is 2.50. The topological polar surface area (TPSA) is 88.8 Å². The first kappa shape index (κ1) is 21.7. The Morgan fingerprint density at radius 3 is 1.48 bits per heavy atom. The zero-order valence-corrected chi connectivity index (χ0v) is 15.8. The second-order valence-electron chi connectivity index (χ2n) is 6.41. The molecule has 0 amide bonds. The smallest absolute Gasteiger partial charge is 0.195 e. The number of guanidine groups is 2. The maximum atomic E-state index is 5.90. The highest BCUT2D eigenvalue weighted by Crippen LogP contribution is 2.13. The Kier molecular flexibility index (Phi) is 13.6. The Labute approximate surface area is 143 Å². The molecule has 0 bridgehead atoms. The molecule has 0 rings (SSSR count). The minimum absolute atomic E-state index is 0.378. The Morgan fingerprint density at radius 1 is 0.783 bits per heavy atom. The minimum Gasteiger partial charge on any atom is -0.370 e. The van der Waals surface area contributed by atoms with E-state index >= 15 is 0 Å². The highest BCUT2D eigenvalue weighted by atomic mass is 15.2. The molecule has 0 aliphatic rings. The normalized spacial score (nSPS) is 15.5. The van der Waals surface area contributed by atoms with Crippen LogP contribution in [0.3, 0.4) is 0 Å². The van der Waals surface area contributed by atoms with Crippen molar-refractivity contribution in [2.24, 2.45) is 33.3 Å². The van der Waals surface area contributed by atoms with Crippen LogP contribution in [0.15, 0.2) is 9.98 Å². The summed E-state index contributed by atoms with van der Waals surface area (Å²) in [7, 11) is 0. The first-order chi connectivity index (χ1) is 11.1. The number of rotatable bonds is 12. The van der Waals surface area contributed by atoms with E-state index in [1.165, 1.54) is 38.5 Å². The summed E-state index contributed by atoms with van der Waals surface area (Å²) in [4.78, 5) is 8.82. The predicted molar refractivity (Wildman–Crippen MR) is 103 cm³/mol. The van der Waals surface area contributed by atoms with Crippen LogP contribution < -0.4 is 16.8 Å². The lowest BCUT2D eigenvalue weighted by atomic mass is 10.00. The third kappa shape index (κ3) is 11.9. The van der Waals surface area contributed by atoms with Crippen LogP contribution in [0.1, 0.15) is 79.1 Å². The average Bonchev–Trinajstić information content (AvgIpc) is 2.55. The van der Waals surface area contributed by atoms with Crippen molar-refractivity contribution in [1.29, 1.82) is 0 Å². The van der Waals surface area contributed by atoms with E-state index in [1.54, 1.807) is 0 Å². The Hall–Kier alpha value is -1.26. The predicted octanol–water partition coefficient (Wildman–Crippen LogP) is 3.64. The van der Waals surface area contributed by atoms with Gasteiger partial charge in [-0.15, -0.1) is 0 Å². The maximum Gasteiger partial charge on any atom is 0.195 e. The first-order valence-electron chi connectivity index (χ1n) is 9.43. The fraction of sp³-hybridized carbons (Fsp3) is 0.889. The number of nitrogens with one attached hydrogen (secondary N) is 1. The summed E-state index contributed by atoms with van der Waals surface area (Å²) in [5, 5.41) is 2.91. The molecule has 0 aromatic rings. The molecule has 0 aromatic heterocycles. The number of hydrogen-bond donors (Lipinski definition) is 3. The van der Waals surface area contributed by atoms with Crippen LogP contribution in [-0.2, 0) is 0 Å². The monoisotopic (exact) mass is 325 g/mol. The van der Waals surface area contributed by atoms with Gasteiger partial charge in [-0.05, 0) is 24.7 Å². The van der Waals surface area contributed by atoms with Crippen LogP contribution in [0.2, 0.25) is 0 Å². The summed E-state index contributed by atoms with van der Waals surface area (Å²) in [5.74, 6) is 1.96. The number of nitrogens with zero attached hydrogens (tertiary/aromatic N) is 2. The molecular weight excluding hydrogens is 286 g/mol. The van der Waals surface area contributed by atoms with E-state index in [9.17, 15) is 0 Å².